The van der Waals surface area contributed by atoms with Crippen LogP contribution in [0.1, 0.15) is 46.1 Å². The lowest BCUT2D eigenvalue weighted by atomic mass is 10.0. The Morgan fingerprint density at radius 2 is 1.97 bits per heavy atom. The van der Waals surface area contributed by atoms with Crippen LogP contribution in [-0.4, -0.2) is 22.6 Å². The Kier molecular flexibility index (Phi) is 7.81. The SMILES string of the molecule is CCCn1ccc2ccc(N(C=O)/N=C(/C)C(C)C(=O)Nc3cccc(C(F)(F)CC)c3)cc21. The second-order valence-electron chi connectivity index (χ2n) is 8.29. The van der Waals surface area contributed by atoms with E-state index in [1.807, 2.05) is 24.4 Å². The molecule has 1 heterocycles. The number of nitrogens with zero attached hydrogens (tertiary/aromatic N) is 3. The fraction of sp³-hybridized carbons (Fsp3) is 0.346. The molecular formula is C26H30F2N4O2. The van der Waals surface area contributed by atoms with Gasteiger partial charge in [0.05, 0.1) is 17.1 Å². The molecule has 0 saturated carbocycles. The van der Waals surface area contributed by atoms with Gasteiger partial charge in [0.25, 0.3) is 5.92 Å². The van der Waals surface area contributed by atoms with Crippen molar-refractivity contribution in [3.8, 4) is 0 Å². The van der Waals surface area contributed by atoms with Crippen LogP contribution in [0, 0.1) is 5.92 Å². The zero-order chi connectivity index (χ0) is 24.9. The highest BCUT2D eigenvalue weighted by Gasteiger charge is 2.29. The molecule has 2 aromatic carbocycles. The fourth-order valence-corrected chi connectivity index (χ4v) is 3.62. The molecule has 2 amide bonds. The number of carbonyl (C=O) groups is 2. The van der Waals surface area contributed by atoms with Gasteiger partial charge < -0.3 is 9.88 Å². The van der Waals surface area contributed by atoms with Crippen molar-refractivity contribution >= 4 is 40.3 Å². The molecule has 1 N–H and O–H groups in total. The van der Waals surface area contributed by atoms with Crippen molar-refractivity contribution in [1.29, 1.82) is 0 Å². The summed E-state index contributed by atoms with van der Waals surface area (Å²) in [5, 5.41) is 9.29. The molecule has 3 aromatic rings. The molecule has 0 aliphatic rings. The van der Waals surface area contributed by atoms with Gasteiger partial charge in [0.2, 0.25) is 12.3 Å². The number of hydrogen-bond acceptors (Lipinski definition) is 3. The van der Waals surface area contributed by atoms with Crippen LogP contribution in [0.3, 0.4) is 0 Å². The first-order valence-corrected chi connectivity index (χ1v) is 11.4. The lowest BCUT2D eigenvalue weighted by Gasteiger charge is -2.18. The number of hydrazone groups is 1. The molecule has 180 valence electrons. The van der Waals surface area contributed by atoms with Crippen molar-refractivity contribution in [2.45, 2.75) is 53.0 Å². The fourth-order valence-electron chi connectivity index (χ4n) is 3.62. The molecule has 1 atom stereocenters. The standard InChI is InChI=1S/C26H30F2N4O2/c1-5-13-31-14-12-20-10-11-23(16-24(20)31)32(17-33)30-19(4)18(3)25(34)29-22-9-7-8-21(15-22)26(27,28)6-2/h7-12,14-18H,5-6,13H2,1-4H3,(H,29,34)/b30-19-. The van der Waals surface area contributed by atoms with Crippen molar-refractivity contribution in [1.82, 2.24) is 4.57 Å². The summed E-state index contributed by atoms with van der Waals surface area (Å²) in [5.41, 5.74) is 2.11. The van der Waals surface area contributed by atoms with E-state index >= 15 is 0 Å². The van der Waals surface area contributed by atoms with Gasteiger partial charge in [-0.15, -0.1) is 0 Å². The lowest BCUT2D eigenvalue weighted by molar-refractivity contribution is -0.117. The van der Waals surface area contributed by atoms with Gasteiger partial charge >= 0.3 is 0 Å². The Labute approximate surface area is 198 Å². The van der Waals surface area contributed by atoms with Crippen LogP contribution < -0.4 is 10.3 Å². The number of anilines is 2. The first-order chi connectivity index (χ1) is 16.2. The van der Waals surface area contributed by atoms with Crippen molar-refractivity contribution < 1.29 is 18.4 Å². The number of carbonyl (C=O) groups excluding carboxylic acids is 2. The number of amides is 2. The van der Waals surface area contributed by atoms with E-state index in [1.165, 1.54) is 30.1 Å². The van der Waals surface area contributed by atoms with Crippen LogP contribution in [-0.2, 0) is 22.1 Å². The maximum Gasteiger partial charge on any atom is 0.273 e. The normalized spacial score (nSPS) is 13.1. The largest absolute Gasteiger partial charge is 0.347 e. The number of nitrogens with one attached hydrogen (secondary N) is 1. The van der Waals surface area contributed by atoms with E-state index in [1.54, 1.807) is 26.0 Å². The van der Waals surface area contributed by atoms with E-state index in [0.29, 0.717) is 17.8 Å². The average molecular weight is 469 g/mol. The molecule has 0 saturated heterocycles. The van der Waals surface area contributed by atoms with Crippen LogP contribution in [0.4, 0.5) is 20.2 Å². The Morgan fingerprint density at radius 1 is 1.21 bits per heavy atom. The third-order valence-corrected chi connectivity index (χ3v) is 5.87. The zero-order valence-corrected chi connectivity index (χ0v) is 19.9. The number of fused-ring (bicyclic) bond motifs is 1. The van der Waals surface area contributed by atoms with Gasteiger partial charge in [0, 0.05) is 36.1 Å². The molecular weight excluding hydrogens is 438 g/mol. The summed E-state index contributed by atoms with van der Waals surface area (Å²) < 4.78 is 30.1. The monoisotopic (exact) mass is 468 g/mol. The third kappa shape index (κ3) is 5.50. The molecule has 0 spiro atoms. The zero-order valence-electron chi connectivity index (χ0n) is 19.9. The summed E-state index contributed by atoms with van der Waals surface area (Å²) in [6, 6.07) is 13.3. The van der Waals surface area contributed by atoms with Gasteiger partial charge in [-0.05, 0) is 56.0 Å². The number of aromatic nitrogens is 1. The van der Waals surface area contributed by atoms with E-state index in [-0.39, 0.29) is 17.7 Å². The number of halogens is 2. The number of rotatable bonds is 10. The Morgan fingerprint density at radius 3 is 2.65 bits per heavy atom. The molecule has 34 heavy (non-hydrogen) atoms. The predicted octanol–water partition coefficient (Wildman–Crippen LogP) is 6.17. The Hall–Kier alpha value is -3.55. The molecule has 0 radical (unpaired) electrons. The van der Waals surface area contributed by atoms with E-state index in [0.717, 1.165) is 23.9 Å². The lowest BCUT2D eigenvalue weighted by Crippen LogP contribution is -2.28. The van der Waals surface area contributed by atoms with E-state index in [2.05, 4.69) is 21.9 Å². The summed E-state index contributed by atoms with van der Waals surface area (Å²) in [6.07, 6.45) is 3.26. The highest BCUT2D eigenvalue weighted by Crippen LogP contribution is 2.32. The highest BCUT2D eigenvalue weighted by atomic mass is 19.3. The minimum absolute atomic E-state index is 0.152. The van der Waals surface area contributed by atoms with E-state index in [9.17, 15) is 18.4 Å². The number of alkyl halides is 2. The molecule has 8 heteroatoms. The van der Waals surface area contributed by atoms with Gasteiger partial charge in [0.1, 0.15) is 0 Å². The third-order valence-electron chi connectivity index (χ3n) is 5.87. The number of aryl methyl sites for hydroxylation is 1. The maximum absolute atomic E-state index is 14.0. The molecule has 1 unspecified atom stereocenters. The summed E-state index contributed by atoms with van der Waals surface area (Å²) in [4.78, 5) is 24.6. The predicted molar refractivity (Wildman–Crippen MR) is 132 cm³/mol. The summed E-state index contributed by atoms with van der Waals surface area (Å²) in [6.45, 7) is 7.67. The highest BCUT2D eigenvalue weighted by molar-refractivity contribution is 6.08. The average Bonchev–Trinajstić information content (AvgIpc) is 3.24. The number of hydrogen-bond donors (Lipinski definition) is 1. The van der Waals surface area contributed by atoms with Crippen molar-refractivity contribution in [2.24, 2.45) is 11.0 Å². The van der Waals surface area contributed by atoms with Gasteiger partial charge in [-0.25, -0.2) is 13.8 Å². The second-order valence-corrected chi connectivity index (χ2v) is 8.29. The maximum atomic E-state index is 14.0. The summed E-state index contributed by atoms with van der Waals surface area (Å²) >= 11 is 0. The molecule has 3 rings (SSSR count). The van der Waals surface area contributed by atoms with Crippen LogP contribution in [0.5, 0.6) is 0 Å². The van der Waals surface area contributed by atoms with Crippen molar-refractivity contribution in [3.05, 3.63) is 60.3 Å². The molecule has 0 fully saturated rings. The van der Waals surface area contributed by atoms with Gasteiger partial charge in [-0.3, -0.25) is 9.59 Å². The quantitative estimate of drug-likeness (QED) is 0.220. The number of benzene rings is 2. The molecule has 0 aliphatic carbocycles. The van der Waals surface area contributed by atoms with Crippen LogP contribution in [0.25, 0.3) is 10.9 Å². The second kappa shape index (κ2) is 10.6. The Balaban J connectivity index is 1.78. The Bertz CT molecular complexity index is 1200. The van der Waals surface area contributed by atoms with Crippen LogP contribution in [0.15, 0.2) is 59.8 Å². The van der Waals surface area contributed by atoms with Gasteiger partial charge in [-0.2, -0.15) is 5.10 Å². The van der Waals surface area contributed by atoms with Crippen molar-refractivity contribution in [2.75, 3.05) is 10.3 Å². The molecule has 0 bridgehead atoms. The summed E-state index contributed by atoms with van der Waals surface area (Å²) in [7, 11) is 0. The van der Waals surface area contributed by atoms with Crippen molar-refractivity contribution in [3.63, 3.8) is 0 Å². The topological polar surface area (TPSA) is 66.7 Å². The first kappa shape index (κ1) is 25.1. The van der Waals surface area contributed by atoms with E-state index in [4.69, 9.17) is 0 Å². The first-order valence-electron chi connectivity index (χ1n) is 11.4. The van der Waals surface area contributed by atoms with Gasteiger partial charge in [0.15, 0.2) is 0 Å². The molecule has 1 aromatic heterocycles. The minimum Gasteiger partial charge on any atom is -0.347 e. The molecule has 6 nitrogen and oxygen atoms in total. The van der Waals surface area contributed by atoms with Crippen LogP contribution in [0.2, 0.25) is 0 Å². The van der Waals surface area contributed by atoms with Gasteiger partial charge in [-0.1, -0.05) is 32.0 Å². The smallest absolute Gasteiger partial charge is 0.273 e. The summed E-state index contributed by atoms with van der Waals surface area (Å²) in [5.74, 6) is -4.06. The minimum atomic E-state index is -2.97. The van der Waals surface area contributed by atoms with Crippen LogP contribution >= 0.6 is 0 Å². The molecule has 0 aliphatic heterocycles. The van der Waals surface area contributed by atoms with E-state index < -0.39 is 17.7 Å².